The van der Waals surface area contributed by atoms with Gasteiger partial charge in [-0.1, -0.05) is 5.21 Å². The van der Waals surface area contributed by atoms with Crippen LogP contribution >= 0.6 is 0 Å². The van der Waals surface area contributed by atoms with E-state index < -0.39 is 5.97 Å². The predicted octanol–water partition coefficient (Wildman–Crippen LogP) is 0.306. The van der Waals surface area contributed by atoms with Crippen molar-refractivity contribution in [3.05, 3.63) is 35.9 Å². The van der Waals surface area contributed by atoms with Crippen molar-refractivity contribution >= 4 is 17.0 Å². The van der Waals surface area contributed by atoms with Gasteiger partial charge in [0.15, 0.2) is 5.82 Å². The average molecular weight is 258 g/mol. The van der Waals surface area contributed by atoms with Crippen LogP contribution in [0.1, 0.15) is 16.2 Å². The monoisotopic (exact) mass is 258 g/mol. The van der Waals surface area contributed by atoms with Crippen molar-refractivity contribution in [2.75, 3.05) is 0 Å². The zero-order valence-electron chi connectivity index (χ0n) is 10.1. The van der Waals surface area contributed by atoms with Crippen molar-refractivity contribution in [1.82, 2.24) is 29.8 Å². The van der Waals surface area contributed by atoms with Crippen molar-refractivity contribution in [1.29, 1.82) is 0 Å². The Morgan fingerprint density at radius 2 is 2.21 bits per heavy atom. The summed E-state index contributed by atoms with van der Waals surface area (Å²) in [6, 6.07) is 4.72. The van der Waals surface area contributed by atoms with Gasteiger partial charge in [-0.05, 0) is 18.2 Å². The van der Waals surface area contributed by atoms with E-state index in [4.69, 9.17) is 5.11 Å². The summed E-state index contributed by atoms with van der Waals surface area (Å²) >= 11 is 0. The van der Waals surface area contributed by atoms with Gasteiger partial charge >= 0.3 is 5.97 Å². The van der Waals surface area contributed by atoms with E-state index in [2.05, 4.69) is 20.5 Å². The fraction of sp³-hybridized carbons (Fsp3) is 0.182. The number of rotatable bonds is 3. The Hall–Kier alpha value is -2.77. The van der Waals surface area contributed by atoms with Gasteiger partial charge in [-0.2, -0.15) is 0 Å². The molecule has 0 saturated carbocycles. The van der Waals surface area contributed by atoms with Gasteiger partial charge in [0, 0.05) is 7.05 Å². The van der Waals surface area contributed by atoms with Crippen molar-refractivity contribution in [3.8, 4) is 0 Å². The molecular weight excluding hydrogens is 248 g/mol. The molecule has 2 aromatic heterocycles. The number of carboxylic acids is 1. The molecule has 8 nitrogen and oxygen atoms in total. The van der Waals surface area contributed by atoms with Gasteiger partial charge in [-0.3, -0.25) is 0 Å². The largest absolute Gasteiger partial charge is 0.478 e. The molecule has 3 aromatic rings. The molecule has 0 aliphatic heterocycles. The molecule has 0 saturated heterocycles. The second-order valence-electron chi connectivity index (χ2n) is 4.11. The molecule has 1 N–H and O–H groups in total. The van der Waals surface area contributed by atoms with Crippen molar-refractivity contribution in [3.63, 3.8) is 0 Å². The lowest BCUT2D eigenvalue weighted by Gasteiger charge is -2.01. The van der Waals surface area contributed by atoms with Crippen LogP contribution in [-0.4, -0.2) is 40.8 Å². The molecule has 2 heterocycles. The van der Waals surface area contributed by atoms with Crippen molar-refractivity contribution < 1.29 is 9.90 Å². The molecular formula is C11H10N6O2. The number of benzene rings is 1. The van der Waals surface area contributed by atoms with Crippen LogP contribution in [0.3, 0.4) is 0 Å². The molecule has 8 heteroatoms. The summed E-state index contributed by atoms with van der Waals surface area (Å²) in [6.45, 7) is 0.430. The molecule has 0 atom stereocenters. The van der Waals surface area contributed by atoms with Gasteiger partial charge in [0.1, 0.15) is 18.4 Å². The molecule has 0 spiro atoms. The highest BCUT2D eigenvalue weighted by molar-refractivity contribution is 5.92. The first-order chi connectivity index (χ1) is 9.15. The maximum atomic E-state index is 10.9. The number of hydrogen-bond donors (Lipinski definition) is 1. The third kappa shape index (κ3) is 1.92. The Morgan fingerprint density at radius 3 is 2.89 bits per heavy atom. The highest BCUT2D eigenvalue weighted by atomic mass is 16.4. The Labute approximate surface area is 107 Å². The van der Waals surface area contributed by atoms with Crippen LogP contribution in [-0.2, 0) is 13.6 Å². The van der Waals surface area contributed by atoms with E-state index in [1.807, 2.05) is 7.05 Å². The number of hydrogen-bond acceptors (Lipinski definition) is 5. The minimum Gasteiger partial charge on any atom is -0.478 e. The zero-order chi connectivity index (χ0) is 13.4. The highest BCUT2D eigenvalue weighted by Gasteiger charge is 2.10. The lowest BCUT2D eigenvalue weighted by Crippen LogP contribution is -2.07. The SMILES string of the molecule is Cn1cnnc1Cn1nnc2cc(C(=O)O)ccc21. The Balaban J connectivity index is 2.02. The predicted molar refractivity (Wildman–Crippen MR) is 64.6 cm³/mol. The number of carboxylic acid groups (broad SMARTS) is 1. The van der Waals surface area contributed by atoms with Gasteiger partial charge in [-0.15, -0.1) is 15.3 Å². The van der Waals surface area contributed by atoms with Crippen LogP contribution in [0.4, 0.5) is 0 Å². The fourth-order valence-electron chi connectivity index (χ4n) is 1.81. The van der Waals surface area contributed by atoms with Crippen LogP contribution in [0.25, 0.3) is 11.0 Å². The average Bonchev–Trinajstić information content (AvgIpc) is 2.97. The van der Waals surface area contributed by atoms with Crippen LogP contribution in [0.5, 0.6) is 0 Å². The van der Waals surface area contributed by atoms with Gasteiger partial charge in [-0.25, -0.2) is 9.48 Å². The Bertz CT molecular complexity index is 759. The van der Waals surface area contributed by atoms with Gasteiger partial charge < -0.3 is 9.67 Å². The lowest BCUT2D eigenvalue weighted by molar-refractivity contribution is 0.0697. The molecule has 0 radical (unpaired) electrons. The van der Waals surface area contributed by atoms with Crippen molar-refractivity contribution in [2.45, 2.75) is 6.54 Å². The molecule has 0 bridgehead atoms. The van der Waals surface area contributed by atoms with Gasteiger partial charge in [0.05, 0.1) is 11.1 Å². The van der Waals surface area contributed by atoms with Crippen LogP contribution in [0, 0.1) is 0 Å². The second kappa shape index (κ2) is 4.16. The standard InChI is InChI=1S/C11H10N6O2/c1-16-6-12-14-10(16)5-17-9-3-2-7(11(18)19)4-8(9)13-15-17/h2-4,6H,5H2,1H3,(H,18,19). The smallest absolute Gasteiger partial charge is 0.335 e. The van der Waals surface area contributed by atoms with Crippen LogP contribution in [0.2, 0.25) is 0 Å². The van der Waals surface area contributed by atoms with E-state index in [0.717, 1.165) is 11.3 Å². The minimum absolute atomic E-state index is 0.193. The van der Waals surface area contributed by atoms with Gasteiger partial charge in [0.2, 0.25) is 0 Å². The molecule has 0 aliphatic carbocycles. The first-order valence-electron chi connectivity index (χ1n) is 5.54. The third-order valence-corrected chi connectivity index (χ3v) is 2.86. The van der Waals surface area contributed by atoms with E-state index in [1.54, 1.807) is 21.6 Å². The Morgan fingerprint density at radius 1 is 1.37 bits per heavy atom. The molecule has 1 aromatic carbocycles. The number of fused-ring (bicyclic) bond motifs is 1. The fourth-order valence-corrected chi connectivity index (χ4v) is 1.81. The summed E-state index contributed by atoms with van der Waals surface area (Å²) in [5.74, 6) is -0.237. The molecule has 0 unspecified atom stereocenters. The van der Waals surface area contributed by atoms with E-state index in [-0.39, 0.29) is 5.56 Å². The lowest BCUT2D eigenvalue weighted by atomic mass is 10.2. The van der Waals surface area contributed by atoms with Crippen molar-refractivity contribution in [2.24, 2.45) is 7.05 Å². The maximum Gasteiger partial charge on any atom is 0.335 e. The summed E-state index contributed by atoms with van der Waals surface area (Å²) in [7, 11) is 1.84. The summed E-state index contributed by atoms with van der Waals surface area (Å²) < 4.78 is 3.45. The van der Waals surface area contributed by atoms with Gasteiger partial charge in [0.25, 0.3) is 0 Å². The summed E-state index contributed by atoms with van der Waals surface area (Å²) in [6.07, 6.45) is 1.61. The first kappa shape index (κ1) is 11.3. The summed E-state index contributed by atoms with van der Waals surface area (Å²) in [4.78, 5) is 10.9. The summed E-state index contributed by atoms with van der Waals surface area (Å²) in [5, 5.41) is 24.7. The molecule has 0 fully saturated rings. The second-order valence-corrected chi connectivity index (χ2v) is 4.11. The number of nitrogens with zero attached hydrogens (tertiary/aromatic N) is 6. The molecule has 0 aliphatic rings. The number of aryl methyl sites for hydroxylation is 1. The van der Waals surface area contributed by atoms with E-state index in [0.29, 0.717) is 12.1 Å². The topological polar surface area (TPSA) is 98.7 Å². The third-order valence-electron chi connectivity index (χ3n) is 2.86. The summed E-state index contributed by atoms with van der Waals surface area (Å²) in [5.41, 5.74) is 1.49. The van der Waals surface area contributed by atoms with E-state index in [1.165, 1.54) is 12.1 Å². The number of carbonyl (C=O) groups is 1. The van der Waals surface area contributed by atoms with Crippen LogP contribution in [0.15, 0.2) is 24.5 Å². The number of aromatic nitrogens is 6. The normalized spacial score (nSPS) is 11.0. The quantitative estimate of drug-likeness (QED) is 0.725. The first-order valence-corrected chi connectivity index (χ1v) is 5.54. The van der Waals surface area contributed by atoms with E-state index >= 15 is 0 Å². The molecule has 3 rings (SSSR count). The van der Waals surface area contributed by atoms with E-state index in [9.17, 15) is 4.79 Å². The van der Waals surface area contributed by atoms with Crippen LogP contribution < -0.4 is 0 Å². The molecule has 0 amide bonds. The maximum absolute atomic E-state index is 10.9. The highest BCUT2D eigenvalue weighted by Crippen LogP contribution is 2.14. The molecule has 19 heavy (non-hydrogen) atoms. The minimum atomic E-state index is -0.982. The number of aromatic carboxylic acids is 1. The Kier molecular flexibility index (Phi) is 2.48. The molecule has 96 valence electrons. The zero-order valence-corrected chi connectivity index (χ0v) is 10.1.